The molecule has 5 heteroatoms. The molecule has 0 saturated carbocycles. The van der Waals surface area contributed by atoms with Gasteiger partial charge in [0.15, 0.2) is 0 Å². The zero-order valence-corrected chi connectivity index (χ0v) is 8.75. The fourth-order valence-electron chi connectivity index (χ4n) is 1.42. The van der Waals surface area contributed by atoms with E-state index >= 15 is 0 Å². The van der Waals surface area contributed by atoms with E-state index < -0.39 is 11.6 Å². The van der Waals surface area contributed by atoms with Crippen molar-refractivity contribution in [2.75, 3.05) is 5.73 Å². The first-order valence-electron chi connectivity index (χ1n) is 4.65. The number of nitrogens with one attached hydrogen (secondary N) is 1. The fourth-order valence-corrected chi connectivity index (χ4v) is 1.42. The van der Waals surface area contributed by atoms with Gasteiger partial charge in [-0.2, -0.15) is 4.39 Å². The Bertz CT molecular complexity index is 425. The van der Waals surface area contributed by atoms with Crippen molar-refractivity contribution in [1.82, 2.24) is 9.97 Å². The minimum atomic E-state index is -0.920. The molecule has 1 aromatic rings. The Morgan fingerprint density at radius 2 is 2.20 bits per heavy atom. The zero-order valence-electron chi connectivity index (χ0n) is 8.75. The quantitative estimate of drug-likeness (QED) is 0.586. The normalized spacial score (nSPS) is 12.8. The number of rotatable bonds is 3. The van der Waals surface area contributed by atoms with Crippen LogP contribution >= 0.6 is 0 Å². The first-order valence-corrected chi connectivity index (χ1v) is 4.65. The number of H-pyrrole nitrogens is 1. The van der Waals surface area contributed by atoms with Crippen molar-refractivity contribution in [1.29, 1.82) is 0 Å². The lowest BCUT2D eigenvalue weighted by Crippen LogP contribution is -2.21. The van der Waals surface area contributed by atoms with Crippen LogP contribution in [0.5, 0.6) is 0 Å². The Morgan fingerprint density at radius 3 is 2.67 bits per heavy atom. The van der Waals surface area contributed by atoms with Crippen LogP contribution in [0.1, 0.15) is 25.5 Å². The van der Waals surface area contributed by atoms with Crippen molar-refractivity contribution >= 4 is 5.69 Å². The van der Waals surface area contributed by atoms with Crippen molar-refractivity contribution in [3.8, 4) is 0 Å². The number of aromatic nitrogens is 2. The van der Waals surface area contributed by atoms with Gasteiger partial charge in [0, 0.05) is 5.92 Å². The maximum absolute atomic E-state index is 12.9. The van der Waals surface area contributed by atoms with Crippen LogP contribution in [-0.4, -0.2) is 9.97 Å². The second-order valence-corrected chi connectivity index (χ2v) is 3.66. The second kappa shape index (κ2) is 4.25. The molecule has 0 spiro atoms. The van der Waals surface area contributed by atoms with E-state index in [1.807, 2.05) is 18.8 Å². The number of aromatic amines is 1. The number of nitrogen functional groups attached to an aromatic ring is 1. The summed E-state index contributed by atoms with van der Waals surface area (Å²) in [6.07, 6.45) is 0.694. The van der Waals surface area contributed by atoms with Gasteiger partial charge in [-0.1, -0.05) is 19.9 Å². The summed E-state index contributed by atoms with van der Waals surface area (Å²) in [6, 6.07) is 0. The Morgan fingerprint density at radius 1 is 1.60 bits per heavy atom. The van der Waals surface area contributed by atoms with Crippen LogP contribution in [0.3, 0.4) is 0 Å². The first-order chi connectivity index (χ1) is 6.97. The molecule has 82 valence electrons. The zero-order chi connectivity index (χ0) is 11.6. The highest BCUT2D eigenvalue weighted by molar-refractivity contribution is 5.43. The van der Waals surface area contributed by atoms with Gasteiger partial charge in [-0.25, -0.2) is 4.98 Å². The molecule has 0 fully saturated rings. The van der Waals surface area contributed by atoms with Crippen molar-refractivity contribution in [3.05, 3.63) is 34.8 Å². The van der Waals surface area contributed by atoms with Gasteiger partial charge in [0.1, 0.15) is 5.69 Å². The van der Waals surface area contributed by atoms with Gasteiger partial charge in [0.2, 0.25) is 0 Å². The lowest BCUT2D eigenvalue weighted by atomic mass is 9.92. The van der Waals surface area contributed by atoms with Crippen molar-refractivity contribution < 1.29 is 4.39 Å². The summed E-state index contributed by atoms with van der Waals surface area (Å²) in [6.45, 7) is 7.48. The van der Waals surface area contributed by atoms with Crippen LogP contribution in [0, 0.1) is 12.0 Å². The summed E-state index contributed by atoms with van der Waals surface area (Å²) in [7, 11) is 0. The minimum Gasteiger partial charge on any atom is -0.393 e. The standard InChI is InChI=1S/C10H14FN3O/c1-4-6(5(2)3)8-7(12)9(15)14-10(11)13-8/h4-6H,1,12H2,2-3H3,(H,13,14,15). The van der Waals surface area contributed by atoms with Crippen LogP contribution in [0.2, 0.25) is 0 Å². The highest BCUT2D eigenvalue weighted by Gasteiger charge is 2.19. The smallest absolute Gasteiger partial charge is 0.289 e. The van der Waals surface area contributed by atoms with Crippen molar-refractivity contribution in [2.24, 2.45) is 5.92 Å². The Labute approximate surface area is 87.0 Å². The summed E-state index contributed by atoms with van der Waals surface area (Å²) in [5.74, 6) is -0.0692. The van der Waals surface area contributed by atoms with E-state index in [1.165, 1.54) is 0 Å². The molecular weight excluding hydrogens is 197 g/mol. The molecule has 0 aromatic carbocycles. The number of nitrogens with two attached hydrogens (primary N) is 1. The molecule has 0 aliphatic carbocycles. The number of allylic oxidation sites excluding steroid dienone is 1. The molecule has 0 bridgehead atoms. The number of anilines is 1. The molecule has 1 atom stereocenters. The molecule has 1 unspecified atom stereocenters. The van der Waals surface area contributed by atoms with E-state index in [0.717, 1.165) is 0 Å². The van der Waals surface area contributed by atoms with Crippen LogP contribution in [0.4, 0.5) is 10.1 Å². The molecule has 1 heterocycles. The third-order valence-electron chi connectivity index (χ3n) is 2.24. The van der Waals surface area contributed by atoms with Gasteiger partial charge >= 0.3 is 0 Å². The highest BCUT2D eigenvalue weighted by Crippen LogP contribution is 2.25. The lowest BCUT2D eigenvalue weighted by molar-refractivity contribution is 0.505. The number of nitrogens with zero attached hydrogens (tertiary/aromatic N) is 1. The average molecular weight is 211 g/mol. The molecule has 0 aliphatic heterocycles. The molecule has 0 radical (unpaired) electrons. The van der Waals surface area contributed by atoms with E-state index in [1.54, 1.807) is 6.08 Å². The molecule has 0 amide bonds. The molecule has 1 aromatic heterocycles. The molecule has 15 heavy (non-hydrogen) atoms. The minimum absolute atomic E-state index is 0.0463. The van der Waals surface area contributed by atoms with Crippen LogP contribution < -0.4 is 11.3 Å². The van der Waals surface area contributed by atoms with Gasteiger partial charge < -0.3 is 5.73 Å². The van der Waals surface area contributed by atoms with E-state index in [-0.39, 0.29) is 23.2 Å². The van der Waals surface area contributed by atoms with Crippen LogP contribution in [0.15, 0.2) is 17.4 Å². The fraction of sp³-hybridized carbons (Fsp3) is 0.400. The summed E-state index contributed by atoms with van der Waals surface area (Å²) < 4.78 is 12.9. The Balaban J connectivity index is 3.35. The van der Waals surface area contributed by atoms with E-state index in [0.29, 0.717) is 0 Å². The van der Waals surface area contributed by atoms with Gasteiger partial charge in [0.05, 0.1) is 5.69 Å². The number of halogens is 1. The maximum atomic E-state index is 12.9. The van der Waals surface area contributed by atoms with Crippen molar-refractivity contribution in [3.63, 3.8) is 0 Å². The molecule has 1 rings (SSSR count). The molecule has 0 aliphatic rings. The highest BCUT2D eigenvalue weighted by atomic mass is 19.1. The van der Waals surface area contributed by atoms with Crippen LogP contribution in [0.25, 0.3) is 0 Å². The molecule has 4 nitrogen and oxygen atoms in total. The Hall–Kier alpha value is -1.65. The Kier molecular flexibility index (Phi) is 3.24. The summed E-state index contributed by atoms with van der Waals surface area (Å²) in [5.41, 5.74) is 5.10. The van der Waals surface area contributed by atoms with Crippen molar-refractivity contribution in [2.45, 2.75) is 19.8 Å². The SMILES string of the molecule is C=CC(c1nc(F)[nH]c(=O)c1N)C(C)C. The van der Waals surface area contributed by atoms with Gasteiger partial charge in [-0.05, 0) is 5.92 Å². The average Bonchev–Trinajstić information content (AvgIpc) is 2.13. The summed E-state index contributed by atoms with van der Waals surface area (Å²) >= 11 is 0. The third-order valence-corrected chi connectivity index (χ3v) is 2.24. The van der Waals surface area contributed by atoms with E-state index in [2.05, 4.69) is 11.6 Å². The van der Waals surface area contributed by atoms with Gasteiger partial charge in [-0.15, -0.1) is 6.58 Å². The maximum Gasteiger partial charge on any atom is 0.289 e. The number of hydrogen-bond donors (Lipinski definition) is 2. The van der Waals surface area contributed by atoms with Crippen LogP contribution in [-0.2, 0) is 0 Å². The second-order valence-electron chi connectivity index (χ2n) is 3.66. The third kappa shape index (κ3) is 2.23. The van der Waals surface area contributed by atoms with Gasteiger partial charge in [-0.3, -0.25) is 9.78 Å². The summed E-state index contributed by atoms with van der Waals surface area (Å²) in [5, 5.41) is 0. The largest absolute Gasteiger partial charge is 0.393 e. The van der Waals surface area contributed by atoms with Gasteiger partial charge in [0.25, 0.3) is 11.6 Å². The topological polar surface area (TPSA) is 71.8 Å². The number of hydrogen-bond acceptors (Lipinski definition) is 3. The molecular formula is C10H14FN3O. The monoisotopic (exact) mass is 211 g/mol. The predicted molar refractivity (Wildman–Crippen MR) is 57.0 cm³/mol. The first kappa shape index (κ1) is 11.4. The van der Waals surface area contributed by atoms with E-state index in [4.69, 9.17) is 5.73 Å². The molecule has 0 saturated heterocycles. The predicted octanol–water partition coefficient (Wildman–Crippen LogP) is 1.42. The summed E-state index contributed by atoms with van der Waals surface area (Å²) in [4.78, 5) is 16.7. The van der Waals surface area contributed by atoms with E-state index in [9.17, 15) is 9.18 Å². The lowest BCUT2D eigenvalue weighted by Gasteiger charge is -2.16. The molecule has 3 N–H and O–H groups in total.